The van der Waals surface area contributed by atoms with Gasteiger partial charge in [-0.2, -0.15) is 0 Å². The average molecular weight is 161 g/mol. The van der Waals surface area contributed by atoms with E-state index in [1.54, 1.807) is 0 Å². The van der Waals surface area contributed by atoms with Crippen molar-refractivity contribution in [3.63, 3.8) is 0 Å². The summed E-state index contributed by atoms with van der Waals surface area (Å²) in [4.78, 5) is 0. The van der Waals surface area contributed by atoms with E-state index in [4.69, 9.17) is 0 Å². The van der Waals surface area contributed by atoms with E-state index in [9.17, 15) is 0 Å². The van der Waals surface area contributed by atoms with Gasteiger partial charge < -0.3 is 5.32 Å². The molecule has 0 aliphatic heterocycles. The SMILES string of the molecule is CC=C(C)c1ccccc1NC. The van der Waals surface area contributed by atoms with Crippen molar-refractivity contribution < 1.29 is 0 Å². The van der Waals surface area contributed by atoms with Gasteiger partial charge in [-0.3, -0.25) is 0 Å². The van der Waals surface area contributed by atoms with Gasteiger partial charge in [0.05, 0.1) is 0 Å². The third-order valence-electron chi connectivity index (χ3n) is 2.05. The van der Waals surface area contributed by atoms with Gasteiger partial charge >= 0.3 is 0 Å². The Morgan fingerprint density at radius 2 is 2.00 bits per heavy atom. The van der Waals surface area contributed by atoms with Crippen LogP contribution in [0.4, 0.5) is 5.69 Å². The molecule has 0 bridgehead atoms. The topological polar surface area (TPSA) is 12.0 Å². The summed E-state index contributed by atoms with van der Waals surface area (Å²) >= 11 is 0. The Bertz CT molecular complexity index is 287. The highest BCUT2D eigenvalue weighted by molar-refractivity contribution is 5.74. The Hall–Kier alpha value is -1.24. The molecule has 1 N–H and O–H groups in total. The van der Waals surface area contributed by atoms with Gasteiger partial charge in [0.1, 0.15) is 0 Å². The highest BCUT2D eigenvalue weighted by Gasteiger charge is 1.98. The second kappa shape index (κ2) is 3.96. The Morgan fingerprint density at radius 3 is 2.58 bits per heavy atom. The van der Waals surface area contributed by atoms with E-state index in [0.717, 1.165) is 0 Å². The van der Waals surface area contributed by atoms with Gasteiger partial charge in [-0.05, 0) is 25.5 Å². The molecule has 64 valence electrons. The Labute approximate surface area is 74.1 Å². The molecule has 0 fully saturated rings. The first-order valence-corrected chi connectivity index (χ1v) is 4.19. The van der Waals surface area contributed by atoms with E-state index in [-0.39, 0.29) is 0 Å². The van der Waals surface area contributed by atoms with Gasteiger partial charge in [0.25, 0.3) is 0 Å². The molecule has 0 amide bonds. The monoisotopic (exact) mass is 161 g/mol. The molecule has 12 heavy (non-hydrogen) atoms. The van der Waals surface area contributed by atoms with Gasteiger partial charge in [0.2, 0.25) is 0 Å². The summed E-state index contributed by atoms with van der Waals surface area (Å²) in [5.41, 5.74) is 3.77. The van der Waals surface area contributed by atoms with Gasteiger partial charge in [-0.1, -0.05) is 24.3 Å². The van der Waals surface area contributed by atoms with Crippen LogP contribution in [-0.4, -0.2) is 7.05 Å². The summed E-state index contributed by atoms with van der Waals surface area (Å²) in [7, 11) is 1.95. The minimum atomic E-state index is 1.19. The maximum absolute atomic E-state index is 3.17. The molecule has 1 nitrogen and oxygen atoms in total. The lowest BCUT2D eigenvalue weighted by Gasteiger charge is -2.08. The highest BCUT2D eigenvalue weighted by atomic mass is 14.8. The molecule has 1 heteroatoms. The van der Waals surface area contributed by atoms with Crippen LogP contribution in [0.5, 0.6) is 0 Å². The molecule has 0 aromatic heterocycles. The third kappa shape index (κ3) is 1.67. The number of nitrogens with one attached hydrogen (secondary N) is 1. The summed E-state index contributed by atoms with van der Waals surface area (Å²) in [6, 6.07) is 8.31. The first kappa shape index (κ1) is 8.85. The zero-order chi connectivity index (χ0) is 8.97. The zero-order valence-corrected chi connectivity index (χ0v) is 7.89. The van der Waals surface area contributed by atoms with Crippen molar-refractivity contribution in [3.8, 4) is 0 Å². The molecule has 0 saturated carbocycles. The van der Waals surface area contributed by atoms with Gasteiger partial charge in [0.15, 0.2) is 0 Å². The molecule has 0 saturated heterocycles. The predicted molar refractivity (Wildman–Crippen MR) is 55.3 cm³/mol. The van der Waals surface area contributed by atoms with Crippen molar-refractivity contribution in [2.24, 2.45) is 0 Å². The van der Waals surface area contributed by atoms with Crippen LogP contribution in [-0.2, 0) is 0 Å². The molecule has 0 spiro atoms. The van der Waals surface area contributed by atoms with Gasteiger partial charge in [0, 0.05) is 18.3 Å². The molecule has 1 aromatic carbocycles. The maximum Gasteiger partial charge on any atom is 0.0413 e. The number of rotatable bonds is 2. The number of hydrogen-bond donors (Lipinski definition) is 1. The molecule has 1 aromatic rings. The number of hydrogen-bond acceptors (Lipinski definition) is 1. The molecule has 0 unspecified atom stereocenters. The molecule has 0 aliphatic rings. The fourth-order valence-corrected chi connectivity index (χ4v) is 1.20. The average Bonchev–Trinajstić information content (AvgIpc) is 2.16. The molecule has 0 heterocycles. The van der Waals surface area contributed by atoms with Crippen molar-refractivity contribution >= 4 is 11.3 Å². The van der Waals surface area contributed by atoms with Crippen molar-refractivity contribution in [3.05, 3.63) is 35.9 Å². The smallest absolute Gasteiger partial charge is 0.0413 e. The van der Waals surface area contributed by atoms with Crippen LogP contribution in [0.15, 0.2) is 30.3 Å². The molecule has 0 atom stereocenters. The highest BCUT2D eigenvalue weighted by Crippen LogP contribution is 2.22. The molecule has 1 rings (SSSR count). The van der Waals surface area contributed by atoms with Crippen LogP contribution in [0.25, 0.3) is 5.57 Å². The summed E-state index contributed by atoms with van der Waals surface area (Å²) < 4.78 is 0. The van der Waals surface area contributed by atoms with Gasteiger partial charge in [-0.15, -0.1) is 0 Å². The summed E-state index contributed by atoms with van der Waals surface area (Å²) in [5, 5.41) is 3.17. The first-order chi connectivity index (χ1) is 5.79. The van der Waals surface area contributed by atoms with Crippen LogP contribution in [0.1, 0.15) is 19.4 Å². The normalized spacial score (nSPS) is 11.4. The number of para-hydroxylation sites is 1. The lowest BCUT2D eigenvalue weighted by molar-refractivity contribution is 1.46. The van der Waals surface area contributed by atoms with E-state index in [1.807, 2.05) is 13.1 Å². The first-order valence-electron chi connectivity index (χ1n) is 4.19. The van der Waals surface area contributed by atoms with Crippen molar-refractivity contribution in [1.29, 1.82) is 0 Å². The third-order valence-corrected chi connectivity index (χ3v) is 2.05. The van der Waals surface area contributed by atoms with E-state index in [1.165, 1.54) is 16.8 Å². The summed E-state index contributed by atoms with van der Waals surface area (Å²) in [6.07, 6.45) is 2.12. The van der Waals surface area contributed by atoms with Crippen molar-refractivity contribution in [2.75, 3.05) is 12.4 Å². The fraction of sp³-hybridized carbons (Fsp3) is 0.273. The number of anilines is 1. The van der Waals surface area contributed by atoms with E-state index in [2.05, 4.69) is 43.4 Å². The maximum atomic E-state index is 3.17. The fourth-order valence-electron chi connectivity index (χ4n) is 1.20. The lowest BCUT2D eigenvalue weighted by Crippen LogP contribution is -1.92. The summed E-state index contributed by atoms with van der Waals surface area (Å²) in [6.45, 7) is 4.18. The Kier molecular flexibility index (Phi) is 2.92. The predicted octanol–water partition coefficient (Wildman–Crippen LogP) is 3.15. The minimum Gasteiger partial charge on any atom is -0.388 e. The van der Waals surface area contributed by atoms with E-state index in [0.29, 0.717) is 0 Å². The summed E-state index contributed by atoms with van der Waals surface area (Å²) in [5.74, 6) is 0. The standard InChI is InChI=1S/C11H15N/c1-4-9(2)10-7-5-6-8-11(10)12-3/h4-8,12H,1-3H3. The van der Waals surface area contributed by atoms with Crippen LogP contribution >= 0.6 is 0 Å². The molecule has 0 radical (unpaired) electrons. The molecular formula is C11H15N. The quantitative estimate of drug-likeness (QED) is 0.702. The zero-order valence-electron chi connectivity index (χ0n) is 7.89. The minimum absolute atomic E-state index is 1.19. The van der Waals surface area contributed by atoms with E-state index >= 15 is 0 Å². The molecule has 0 aliphatic carbocycles. The second-order valence-corrected chi connectivity index (χ2v) is 2.77. The van der Waals surface area contributed by atoms with E-state index < -0.39 is 0 Å². The van der Waals surface area contributed by atoms with Crippen molar-refractivity contribution in [1.82, 2.24) is 0 Å². The van der Waals surface area contributed by atoms with Crippen LogP contribution < -0.4 is 5.32 Å². The second-order valence-electron chi connectivity index (χ2n) is 2.77. The van der Waals surface area contributed by atoms with Crippen LogP contribution in [0, 0.1) is 0 Å². The lowest BCUT2D eigenvalue weighted by atomic mass is 10.1. The number of benzene rings is 1. The van der Waals surface area contributed by atoms with Gasteiger partial charge in [-0.25, -0.2) is 0 Å². The van der Waals surface area contributed by atoms with Crippen LogP contribution in [0.3, 0.4) is 0 Å². The van der Waals surface area contributed by atoms with Crippen molar-refractivity contribution in [2.45, 2.75) is 13.8 Å². The van der Waals surface area contributed by atoms with Crippen LogP contribution in [0.2, 0.25) is 0 Å². The number of allylic oxidation sites excluding steroid dienone is 2. The molecular weight excluding hydrogens is 146 g/mol. The Morgan fingerprint density at radius 1 is 1.33 bits per heavy atom. The largest absolute Gasteiger partial charge is 0.388 e. The Balaban J connectivity index is 3.13.